The average Bonchev–Trinajstić information content (AvgIpc) is 2.03. The summed E-state index contributed by atoms with van der Waals surface area (Å²) in [5.41, 5.74) is 0. The number of hydrogen-bond acceptors (Lipinski definition) is 1. The van der Waals surface area contributed by atoms with E-state index in [2.05, 4.69) is 6.92 Å². The summed E-state index contributed by atoms with van der Waals surface area (Å²) in [4.78, 5) is 0. The van der Waals surface area contributed by atoms with Crippen LogP contribution >= 0.6 is 0 Å². The fourth-order valence-electron chi connectivity index (χ4n) is 0.841. The Morgan fingerprint density at radius 3 is 2.36 bits per heavy atom. The molecule has 0 fully saturated rings. The summed E-state index contributed by atoms with van der Waals surface area (Å²) in [6, 6.07) is 0. The van der Waals surface area contributed by atoms with Crippen molar-refractivity contribution in [2.45, 2.75) is 48.0 Å². The summed E-state index contributed by atoms with van der Waals surface area (Å²) < 4.78 is 3.02. The van der Waals surface area contributed by atoms with Crippen LogP contribution in [0.25, 0.3) is 0 Å². The average molecular weight is 272 g/mol. The van der Waals surface area contributed by atoms with Gasteiger partial charge in [0.15, 0.2) is 0 Å². The maximum atomic E-state index is 8.52. The van der Waals surface area contributed by atoms with Crippen LogP contribution in [0.3, 0.4) is 0 Å². The third-order valence-corrected chi connectivity index (χ3v) is 4.88. The van der Waals surface area contributed by atoms with Crippen LogP contribution in [-0.4, -0.2) is 32.6 Å². The second-order valence-corrected chi connectivity index (χ2v) is 6.25. The van der Waals surface area contributed by atoms with Crippen molar-refractivity contribution in [3.63, 3.8) is 0 Å². The molecule has 0 aliphatic heterocycles. The first kappa shape index (κ1) is 11.7. The van der Waals surface area contributed by atoms with Crippen molar-refractivity contribution in [2.24, 2.45) is 0 Å². The molecule has 0 rings (SSSR count). The number of rotatable bonds is 8. The number of aliphatic hydroxyl groups excluding tert-OH is 1. The Morgan fingerprint density at radius 2 is 1.73 bits per heavy atom. The van der Waals surface area contributed by atoms with Gasteiger partial charge in [-0.25, -0.2) is 0 Å². The Labute approximate surface area is 80.7 Å². The van der Waals surface area contributed by atoms with Crippen LogP contribution in [-0.2, 0) is 0 Å². The third-order valence-electron chi connectivity index (χ3n) is 1.59. The number of hydrogen-bond donors (Lipinski definition) is 1. The molecule has 0 saturated heterocycles. The van der Waals surface area contributed by atoms with E-state index in [4.69, 9.17) is 5.11 Å². The van der Waals surface area contributed by atoms with Gasteiger partial charge in [0.1, 0.15) is 0 Å². The zero-order valence-corrected chi connectivity index (χ0v) is 9.84. The standard InChI is InChI=1S/C9H20OTe/c1-2-3-8-11-9-6-4-5-7-10/h10H,2-9H2,1H3. The summed E-state index contributed by atoms with van der Waals surface area (Å²) in [5, 5.41) is 8.52. The molecule has 1 N–H and O–H groups in total. The first-order chi connectivity index (χ1) is 5.41. The summed E-state index contributed by atoms with van der Waals surface area (Å²) in [6.07, 6.45) is 6.43. The van der Waals surface area contributed by atoms with Crippen molar-refractivity contribution >= 4 is 20.9 Å². The van der Waals surface area contributed by atoms with E-state index in [0.29, 0.717) is 27.5 Å². The molecule has 11 heavy (non-hydrogen) atoms. The van der Waals surface area contributed by atoms with Gasteiger partial charge in [-0.3, -0.25) is 0 Å². The van der Waals surface area contributed by atoms with Gasteiger partial charge in [0, 0.05) is 0 Å². The van der Waals surface area contributed by atoms with E-state index in [1.165, 1.54) is 34.6 Å². The molecule has 0 aromatic carbocycles. The topological polar surface area (TPSA) is 20.2 Å². The molecular formula is C9H20OTe. The minimum absolute atomic E-state index is 0.361. The predicted molar refractivity (Wildman–Crippen MR) is 51.2 cm³/mol. The molecule has 0 aromatic rings. The van der Waals surface area contributed by atoms with E-state index < -0.39 is 0 Å². The van der Waals surface area contributed by atoms with E-state index in [0.717, 1.165) is 6.42 Å². The molecule has 0 saturated carbocycles. The quantitative estimate of drug-likeness (QED) is 0.531. The zero-order valence-electron chi connectivity index (χ0n) is 7.51. The normalized spacial score (nSPS) is 10.4. The molecular weight excluding hydrogens is 252 g/mol. The summed E-state index contributed by atoms with van der Waals surface area (Å²) in [7, 11) is 0. The van der Waals surface area contributed by atoms with E-state index in [1.807, 2.05) is 0 Å². The fourth-order valence-corrected chi connectivity index (χ4v) is 4.00. The Hall–Kier alpha value is 0.750. The van der Waals surface area contributed by atoms with Crippen LogP contribution in [0, 0.1) is 0 Å². The van der Waals surface area contributed by atoms with Crippen molar-refractivity contribution in [3.8, 4) is 0 Å². The van der Waals surface area contributed by atoms with E-state index in [-0.39, 0.29) is 0 Å². The Bertz CT molecular complexity index is 58.6. The van der Waals surface area contributed by atoms with Crippen LogP contribution in [0.15, 0.2) is 0 Å². The second kappa shape index (κ2) is 10.7. The molecule has 0 atom stereocenters. The number of unbranched alkanes of at least 4 members (excludes halogenated alkanes) is 3. The molecule has 1 nitrogen and oxygen atoms in total. The first-order valence-electron chi connectivity index (χ1n) is 4.60. The van der Waals surface area contributed by atoms with Crippen molar-refractivity contribution in [1.82, 2.24) is 0 Å². The van der Waals surface area contributed by atoms with Crippen molar-refractivity contribution in [3.05, 3.63) is 0 Å². The molecule has 0 bridgehead atoms. The number of aliphatic hydroxyl groups is 1. The molecule has 68 valence electrons. The fraction of sp³-hybridized carbons (Fsp3) is 1.00. The zero-order chi connectivity index (χ0) is 8.36. The monoisotopic (exact) mass is 274 g/mol. The molecule has 0 aliphatic carbocycles. The van der Waals surface area contributed by atoms with E-state index in [9.17, 15) is 0 Å². The van der Waals surface area contributed by atoms with Gasteiger partial charge in [-0.15, -0.1) is 0 Å². The minimum atomic E-state index is 0.361. The molecule has 0 unspecified atom stereocenters. The third kappa shape index (κ3) is 10.7. The van der Waals surface area contributed by atoms with Crippen LogP contribution in [0.2, 0.25) is 8.94 Å². The Balaban J connectivity index is 2.69. The van der Waals surface area contributed by atoms with Gasteiger partial charge >= 0.3 is 80.6 Å². The van der Waals surface area contributed by atoms with Crippen LogP contribution in [0.4, 0.5) is 0 Å². The van der Waals surface area contributed by atoms with Crippen molar-refractivity contribution < 1.29 is 5.11 Å². The van der Waals surface area contributed by atoms with Gasteiger partial charge < -0.3 is 0 Å². The predicted octanol–water partition coefficient (Wildman–Crippen LogP) is 2.49. The molecule has 0 amide bonds. The van der Waals surface area contributed by atoms with Crippen molar-refractivity contribution in [1.29, 1.82) is 0 Å². The van der Waals surface area contributed by atoms with Gasteiger partial charge in [-0.05, 0) is 0 Å². The van der Waals surface area contributed by atoms with Gasteiger partial charge in [-0.2, -0.15) is 0 Å². The summed E-state index contributed by atoms with van der Waals surface area (Å²) in [5.74, 6) is 0. The van der Waals surface area contributed by atoms with Gasteiger partial charge in [0.05, 0.1) is 0 Å². The maximum absolute atomic E-state index is 8.52. The molecule has 0 radical (unpaired) electrons. The van der Waals surface area contributed by atoms with Crippen LogP contribution in [0.5, 0.6) is 0 Å². The Kier molecular flexibility index (Phi) is 11.5. The molecule has 0 aliphatic rings. The van der Waals surface area contributed by atoms with E-state index in [1.54, 1.807) is 0 Å². The first-order valence-corrected chi connectivity index (χ1v) is 7.90. The van der Waals surface area contributed by atoms with Gasteiger partial charge in [-0.1, -0.05) is 0 Å². The second-order valence-electron chi connectivity index (χ2n) is 2.75. The molecule has 2 heteroatoms. The molecule has 0 heterocycles. The summed E-state index contributed by atoms with van der Waals surface area (Å²) >= 11 is 0.361. The van der Waals surface area contributed by atoms with Crippen LogP contribution in [0.1, 0.15) is 39.0 Å². The SMILES string of the molecule is CCCC[Te]CCCCCO. The molecule has 0 aromatic heterocycles. The van der Waals surface area contributed by atoms with E-state index >= 15 is 0 Å². The molecule has 0 spiro atoms. The summed E-state index contributed by atoms with van der Waals surface area (Å²) in [6.45, 7) is 2.65. The van der Waals surface area contributed by atoms with Crippen LogP contribution < -0.4 is 0 Å². The van der Waals surface area contributed by atoms with Crippen molar-refractivity contribution in [2.75, 3.05) is 6.61 Å². The van der Waals surface area contributed by atoms with Gasteiger partial charge in [0.25, 0.3) is 0 Å². The van der Waals surface area contributed by atoms with Gasteiger partial charge in [0.2, 0.25) is 0 Å². The Morgan fingerprint density at radius 1 is 1.00 bits per heavy atom.